The zero-order valence-electron chi connectivity index (χ0n) is 9.37. The van der Waals surface area contributed by atoms with Crippen LogP contribution in [0.4, 0.5) is 5.82 Å². The van der Waals surface area contributed by atoms with Crippen molar-refractivity contribution >= 4 is 11.7 Å². The summed E-state index contributed by atoms with van der Waals surface area (Å²) in [6.45, 7) is 3.72. The molecule has 1 rings (SSSR count). The number of hydrogen-bond donors (Lipinski definition) is 1. The largest absolute Gasteiger partial charge is 0.481 e. The van der Waals surface area contributed by atoms with E-state index in [9.17, 15) is 4.79 Å². The van der Waals surface area contributed by atoms with Crippen LogP contribution in [0.1, 0.15) is 13.8 Å². The Labute approximate surface area is 88.7 Å². The van der Waals surface area contributed by atoms with Crippen LogP contribution in [0.3, 0.4) is 0 Å². The van der Waals surface area contributed by atoms with Crippen LogP contribution in [-0.2, 0) is 11.8 Å². The van der Waals surface area contributed by atoms with Crippen molar-refractivity contribution in [2.45, 2.75) is 13.8 Å². The molecule has 0 radical (unpaired) electrons. The second-order valence-corrected chi connectivity index (χ2v) is 3.41. The van der Waals surface area contributed by atoms with Crippen molar-refractivity contribution in [1.82, 2.24) is 9.78 Å². The molecule has 1 heterocycles. The van der Waals surface area contributed by atoms with Crippen LogP contribution in [0.5, 0.6) is 5.88 Å². The predicted octanol–water partition coefficient (Wildman–Crippen LogP) is 1.33. The molecule has 0 saturated carbocycles. The molecule has 0 saturated heterocycles. The summed E-state index contributed by atoms with van der Waals surface area (Å²) >= 11 is 0. The number of amides is 1. The number of aryl methyl sites for hydroxylation is 1. The number of aromatic nitrogens is 2. The van der Waals surface area contributed by atoms with Crippen LogP contribution >= 0.6 is 0 Å². The Morgan fingerprint density at radius 1 is 1.60 bits per heavy atom. The first-order valence-electron chi connectivity index (χ1n) is 4.57. The third-order valence-electron chi connectivity index (χ3n) is 1.72. The molecule has 0 fully saturated rings. The van der Waals surface area contributed by atoms with Crippen LogP contribution in [0.15, 0.2) is 17.7 Å². The number of carbonyl (C=O) groups is 1. The molecule has 15 heavy (non-hydrogen) atoms. The molecule has 0 aliphatic carbocycles. The average Bonchev–Trinajstić information content (AvgIpc) is 2.44. The van der Waals surface area contributed by atoms with Gasteiger partial charge in [0.15, 0.2) is 5.82 Å². The number of nitrogens with zero attached hydrogens (tertiary/aromatic N) is 2. The zero-order chi connectivity index (χ0) is 11.4. The highest BCUT2D eigenvalue weighted by molar-refractivity contribution is 5.99. The highest BCUT2D eigenvalue weighted by Gasteiger charge is 2.06. The second-order valence-electron chi connectivity index (χ2n) is 3.41. The molecule has 0 aliphatic rings. The molecule has 1 aromatic rings. The van der Waals surface area contributed by atoms with Crippen LogP contribution in [0.25, 0.3) is 0 Å². The van der Waals surface area contributed by atoms with Gasteiger partial charge in [-0.15, -0.1) is 0 Å². The van der Waals surface area contributed by atoms with Gasteiger partial charge < -0.3 is 10.1 Å². The summed E-state index contributed by atoms with van der Waals surface area (Å²) in [6, 6.07) is 1.66. The third-order valence-corrected chi connectivity index (χ3v) is 1.72. The maximum absolute atomic E-state index is 11.4. The molecule has 0 aliphatic heterocycles. The van der Waals surface area contributed by atoms with Gasteiger partial charge >= 0.3 is 0 Å². The Bertz CT molecular complexity index is 389. The summed E-state index contributed by atoms with van der Waals surface area (Å²) in [5.41, 5.74) is 0.940. The maximum Gasteiger partial charge on any atom is 0.249 e. The van der Waals surface area contributed by atoms with Crippen molar-refractivity contribution in [3.05, 3.63) is 17.7 Å². The van der Waals surface area contributed by atoms with E-state index in [1.807, 2.05) is 13.8 Å². The van der Waals surface area contributed by atoms with Crippen LogP contribution in [0, 0.1) is 0 Å². The van der Waals surface area contributed by atoms with Gasteiger partial charge in [0, 0.05) is 19.2 Å². The summed E-state index contributed by atoms with van der Waals surface area (Å²) in [5, 5.41) is 6.70. The summed E-state index contributed by atoms with van der Waals surface area (Å²) in [7, 11) is 3.30. The van der Waals surface area contributed by atoms with Gasteiger partial charge in [-0.1, -0.05) is 5.57 Å². The molecule has 82 valence electrons. The van der Waals surface area contributed by atoms with Crippen LogP contribution in [-0.4, -0.2) is 22.8 Å². The third kappa shape index (κ3) is 3.12. The Balaban J connectivity index is 2.73. The van der Waals surface area contributed by atoms with Crippen molar-refractivity contribution in [3.8, 4) is 5.88 Å². The quantitative estimate of drug-likeness (QED) is 0.764. The fraction of sp³-hybridized carbons (Fsp3) is 0.400. The van der Waals surface area contributed by atoms with Crippen LogP contribution in [0.2, 0.25) is 0 Å². The average molecular weight is 209 g/mol. The summed E-state index contributed by atoms with van der Waals surface area (Å²) < 4.78 is 6.58. The monoisotopic (exact) mass is 209 g/mol. The Hall–Kier alpha value is -1.78. The lowest BCUT2D eigenvalue weighted by Crippen LogP contribution is -2.09. The molecule has 0 spiro atoms. The number of ether oxygens (including phenoxy) is 1. The second kappa shape index (κ2) is 4.63. The molecule has 1 aromatic heterocycles. The van der Waals surface area contributed by atoms with Crippen molar-refractivity contribution in [1.29, 1.82) is 0 Å². The van der Waals surface area contributed by atoms with E-state index >= 15 is 0 Å². The number of methoxy groups -OCH3 is 1. The lowest BCUT2D eigenvalue weighted by atomic mass is 10.3. The summed E-state index contributed by atoms with van der Waals surface area (Å²) in [4.78, 5) is 11.4. The first kappa shape index (κ1) is 11.3. The molecule has 1 N–H and O–H groups in total. The molecular formula is C10H15N3O2. The van der Waals surface area contributed by atoms with Gasteiger partial charge in [-0.2, -0.15) is 5.10 Å². The summed E-state index contributed by atoms with van der Waals surface area (Å²) in [5.74, 6) is 0.898. The van der Waals surface area contributed by atoms with Gasteiger partial charge in [-0.25, -0.2) is 4.68 Å². The van der Waals surface area contributed by atoms with E-state index in [0.717, 1.165) is 5.57 Å². The molecule has 0 bridgehead atoms. The minimum absolute atomic E-state index is 0.184. The molecule has 0 aromatic carbocycles. The molecular weight excluding hydrogens is 194 g/mol. The van der Waals surface area contributed by atoms with Crippen molar-refractivity contribution in [3.63, 3.8) is 0 Å². The van der Waals surface area contributed by atoms with E-state index in [2.05, 4.69) is 10.4 Å². The zero-order valence-corrected chi connectivity index (χ0v) is 9.37. The number of carbonyl (C=O) groups excluding carboxylic acids is 1. The van der Waals surface area contributed by atoms with Gasteiger partial charge in [-0.05, 0) is 13.8 Å². The van der Waals surface area contributed by atoms with Crippen LogP contribution < -0.4 is 10.1 Å². The van der Waals surface area contributed by atoms with Gasteiger partial charge in [-0.3, -0.25) is 4.79 Å². The van der Waals surface area contributed by atoms with E-state index in [-0.39, 0.29) is 5.91 Å². The van der Waals surface area contributed by atoms with E-state index in [1.54, 1.807) is 24.9 Å². The predicted molar refractivity (Wildman–Crippen MR) is 57.8 cm³/mol. The molecule has 0 unspecified atom stereocenters. The summed E-state index contributed by atoms with van der Waals surface area (Å²) in [6.07, 6.45) is 1.52. The van der Waals surface area contributed by atoms with E-state index in [0.29, 0.717) is 11.7 Å². The van der Waals surface area contributed by atoms with Gasteiger partial charge in [0.05, 0.1) is 7.11 Å². The molecule has 5 heteroatoms. The van der Waals surface area contributed by atoms with Crippen molar-refractivity contribution in [2.24, 2.45) is 7.05 Å². The highest BCUT2D eigenvalue weighted by Crippen LogP contribution is 2.14. The standard InChI is InChI=1S/C10H15N3O2/c1-7(2)5-9(14)11-8-6-10(15-4)13(3)12-8/h5-6H,1-4H3,(H,11,12,14). The Kier molecular flexibility index (Phi) is 3.49. The first-order valence-corrected chi connectivity index (χ1v) is 4.57. The Morgan fingerprint density at radius 2 is 2.27 bits per heavy atom. The highest BCUT2D eigenvalue weighted by atomic mass is 16.5. The SMILES string of the molecule is COc1cc(NC(=O)C=C(C)C)nn1C. The smallest absolute Gasteiger partial charge is 0.249 e. The number of anilines is 1. The minimum Gasteiger partial charge on any atom is -0.481 e. The van der Waals surface area contributed by atoms with Gasteiger partial charge in [0.2, 0.25) is 11.8 Å². The topological polar surface area (TPSA) is 56.1 Å². The maximum atomic E-state index is 11.4. The molecule has 0 atom stereocenters. The minimum atomic E-state index is -0.184. The number of hydrogen-bond acceptors (Lipinski definition) is 3. The number of allylic oxidation sites excluding steroid dienone is 1. The first-order chi connectivity index (χ1) is 7.02. The number of rotatable bonds is 3. The lowest BCUT2D eigenvalue weighted by Gasteiger charge is -1.96. The number of nitrogens with one attached hydrogen (secondary N) is 1. The Morgan fingerprint density at radius 3 is 2.73 bits per heavy atom. The van der Waals surface area contributed by atoms with E-state index < -0.39 is 0 Å². The van der Waals surface area contributed by atoms with Gasteiger partial charge in [0.25, 0.3) is 0 Å². The van der Waals surface area contributed by atoms with Gasteiger partial charge in [0.1, 0.15) is 0 Å². The van der Waals surface area contributed by atoms with Crippen molar-refractivity contribution < 1.29 is 9.53 Å². The molecule has 5 nitrogen and oxygen atoms in total. The lowest BCUT2D eigenvalue weighted by molar-refractivity contribution is -0.112. The van der Waals surface area contributed by atoms with E-state index in [1.165, 1.54) is 6.08 Å². The van der Waals surface area contributed by atoms with Crippen molar-refractivity contribution in [2.75, 3.05) is 12.4 Å². The fourth-order valence-corrected chi connectivity index (χ4v) is 1.13. The fourth-order valence-electron chi connectivity index (χ4n) is 1.13. The molecule has 1 amide bonds. The van der Waals surface area contributed by atoms with E-state index in [4.69, 9.17) is 4.74 Å². The normalized spacial score (nSPS) is 9.60.